The van der Waals surface area contributed by atoms with E-state index >= 15 is 0 Å². The van der Waals surface area contributed by atoms with E-state index < -0.39 is 6.03 Å². The number of hydrogen-bond acceptors (Lipinski definition) is 6. The number of ether oxygens (including phenoxy) is 3. The molecule has 0 aliphatic carbocycles. The van der Waals surface area contributed by atoms with Crippen LogP contribution in [0.1, 0.15) is 13.8 Å². The van der Waals surface area contributed by atoms with Gasteiger partial charge in [0.25, 0.3) is 0 Å². The predicted molar refractivity (Wildman–Crippen MR) is 86.2 cm³/mol. The molecule has 2 aliphatic rings. The molecule has 0 saturated carbocycles. The van der Waals surface area contributed by atoms with Crippen LogP contribution in [-0.2, 0) is 9.53 Å². The number of carbonyl (C=O) groups is 2. The summed E-state index contributed by atoms with van der Waals surface area (Å²) >= 11 is 0. The Morgan fingerprint density at radius 3 is 2.62 bits per heavy atom. The third kappa shape index (κ3) is 4.15. The highest BCUT2D eigenvalue weighted by Crippen LogP contribution is 2.34. The molecule has 8 heteroatoms. The minimum Gasteiger partial charge on any atom is -0.454 e. The van der Waals surface area contributed by atoms with Crippen molar-refractivity contribution in [2.75, 3.05) is 31.7 Å². The molecule has 1 saturated heterocycles. The Morgan fingerprint density at radius 1 is 1.17 bits per heavy atom. The van der Waals surface area contributed by atoms with Gasteiger partial charge in [0.15, 0.2) is 11.5 Å². The zero-order valence-corrected chi connectivity index (χ0v) is 13.7. The largest absolute Gasteiger partial charge is 0.454 e. The van der Waals surface area contributed by atoms with Crippen LogP contribution in [0.25, 0.3) is 0 Å². The molecular weight excluding hydrogens is 314 g/mol. The minimum absolute atomic E-state index is 0.0732. The van der Waals surface area contributed by atoms with Crippen molar-refractivity contribution in [3.63, 3.8) is 0 Å². The average Bonchev–Trinajstić information content (AvgIpc) is 2.93. The highest BCUT2D eigenvalue weighted by molar-refractivity contribution is 6.01. The molecule has 3 amide bonds. The van der Waals surface area contributed by atoms with Gasteiger partial charge in [-0.1, -0.05) is 0 Å². The molecule has 2 atom stereocenters. The number of imide groups is 1. The summed E-state index contributed by atoms with van der Waals surface area (Å²) in [6.45, 7) is 5.59. The lowest BCUT2D eigenvalue weighted by Gasteiger charge is -2.34. The van der Waals surface area contributed by atoms with E-state index in [-0.39, 0.29) is 31.5 Å². The SMILES string of the molecule is C[C@@H]1CN(CC(=O)NC(=O)Nc2ccc3c(c2)OCO3)C[C@@H](C)O1. The summed E-state index contributed by atoms with van der Waals surface area (Å²) in [5, 5.41) is 4.94. The molecule has 0 radical (unpaired) electrons. The third-order valence-electron chi connectivity index (χ3n) is 3.75. The summed E-state index contributed by atoms with van der Waals surface area (Å²) in [4.78, 5) is 25.9. The second-order valence-corrected chi connectivity index (χ2v) is 6.02. The van der Waals surface area contributed by atoms with E-state index in [1.807, 2.05) is 18.7 Å². The van der Waals surface area contributed by atoms with Crippen LogP contribution in [0.2, 0.25) is 0 Å². The molecule has 130 valence electrons. The van der Waals surface area contributed by atoms with E-state index in [0.29, 0.717) is 30.3 Å². The predicted octanol–water partition coefficient (Wildman–Crippen LogP) is 1.17. The maximum absolute atomic E-state index is 12.0. The average molecular weight is 335 g/mol. The zero-order valence-electron chi connectivity index (χ0n) is 13.7. The fraction of sp³-hybridized carbons (Fsp3) is 0.500. The molecule has 1 aromatic rings. The van der Waals surface area contributed by atoms with Crippen molar-refractivity contribution >= 4 is 17.6 Å². The fourth-order valence-corrected chi connectivity index (χ4v) is 2.92. The number of nitrogens with zero attached hydrogens (tertiary/aromatic N) is 1. The molecular formula is C16H21N3O5. The molecule has 8 nitrogen and oxygen atoms in total. The van der Waals surface area contributed by atoms with Crippen molar-refractivity contribution in [3.8, 4) is 11.5 Å². The van der Waals surface area contributed by atoms with Crippen molar-refractivity contribution < 1.29 is 23.8 Å². The van der Waals surface area contributed by atoms with Crippen LogP contribution < -0.4 is 20.1 Å². The van der Waals surface area contributed by atoms with E-state index in [0.717, 1.165) is 0 Å². The van der Waals surface area contributed by atoms with Crippen LogP contribution in [0, 0.1) is 0 Å². The molecule has 1 fully saturated rings. The highest BCUT2D eigenvalue weighted by atomic mass is 16.7. The summed E-state index contributed by atoms with van der Waals surface area (Å²) in [6, 6.07) is 4.46. The Hall–Kier alpha value is -2.32. The normalized spacial score (nSPS) is 22.9. The van der Waals surface area contributed by atoms with Gasteiger partial charge in [0, 0.05) is 24.8 Å². The standard InChI is InChI=1S/C16H21N3O5/c1-10-6-19(7-11(2)24-10)8-15(20)18-16(21)17-12-3-4-13-14(5-12)23-9-22-13/h3-5,10-11H,6-9H2,1-2H3,(H2,17,18,20,21)/t10-,11-/m1/s1. The van der Waals surface area contributed by atoms with Crippen molar-refractivity contribution in [2.24, 2.45) is 0 Å². The molecule has 24 heavy (non-hydrogen) atoms. The van der Waals surface area contributed by atoms with Crippen LogP contribution in [0.15, 0.2) is 18.2 Å². The Balaban J connectivity index is 1.48. The van der Waals surface area contributed by atoms with Crippen LogP contribution in [0.3, 0.4) is 0 Å². The number of urea groups is 1. The van der Waals surface area contributed by atoms with Gasteiger partial charge < -0.3 is 19.5 Å². The van der Waals surface area contributed by atoms with Crippen molar-refractivity contribution in [2.45, 2.75) is 26.1 Å². The first-order chi connectivity index (χ1) is 11.5. The number of amides is 3. The van der Waals surface area contributed by atoms with Gasteiger partial charge in [0.1, 0.15) is 0 Å². The van der Waals surface area contributed by atoms with Crippen LogP contribution in [0.5, 0.6) is 11.5 Å². The molecule has 0 spiro atoms. The lowest BCUT2D eigenvalue weighted by atomic mass is 10.2. The molecule has 3 rings (SSSR count). The minimum atomic E-state index is -0.576. The fourth-order valence-electron chi connectivity index (χ4n) is 2.92. The number of nitrogens with one attached hydrogen (secondary N) is 2. The van der Waals surface area contributed by atoms with Crippen LogP contribution >= 0.6 is 0 Å². The quantitative estimate of drug-likeness (QED) is 0.862. The topological polar surface area (TPSA) is 89.1 Å². The Morgan fingerprint density at radius 2 is 1.88 bits per heavy atom. The third-order valence-corrected chi connectivity index (χ3v) is 3.75. The summed E-state index contributed by atoms with van der Waals surface area (Å²) in [5.41, 5.74) is 0.526. The Labute approximate surface area is 140 Å². The first-order valence-corrected chi connectivity index (χ1v) is 7.88. The number of morpholine rings is 1. The molecule has 1 aromatic carbocycles. The molecule has 2 aliphatic heterocycles. The van der Waals surface area contributed by atoms with Crippen molar-refractivity contribution in [1.82, 2.24) is 10.2 Å². The molecule has 0 bridgehead atoms. The highest BCUT2D eigenvalue weighted by Gasteiger charge is 2.24. The second-order valence-electron chi connectivity index (χ2n) is 6.02. The van der Waals surface area contributed by atoms with E-state index in [4.69, 9.17) is 14.2 Å². The summed E-state index contributed by atoms with van der Waals surface area (Å²) < 4.78 is 16.1. The van der Waals surface area contributed by atoms with E-state index in [1.165, 1.54) is 0 Å². The van der Waals surface area contributed by atoms with Crippen LogP contribution in [0.4, 0.5) is 10.5 Å². The molecule has 0 unspecified atom stereocenters. The molecule has 2 N–H and O–H groups in total. The van der Waals surface area contributed by atoms with Gasteiger partial charge in [-0.3, -0.25) is 15.0 Å². The van der Waals surface area contributed by atoms with Gasteiger partial charge in [-0.25, -0.2) is 4.79 Å². The smallest absolute Gasteiger partial charge is 0.325 e. The monoisotopic (exact) mass is 335 g/mol. The van der Waals surface area contributed by atoms with Crippen molar-refractivity contribution in [3.05, 3.63) is 18.2 Å². The number of anilines is 1. The number of benzene rings is 1. The van der Waals surface area contributed by atoms with Gasteiger partial charge in [-0.2, -0.15) is 0 Å². The van der Waals surface area contributed by atoms with Crippen LogP contribution in [-0.4, -0.2) is 55.5 Å². The number of rotatable bonds is 3. The molecule has 2 heterocycles. The number of hydrogen-bond donors (Lipinski definition) is 2. The molecule has 0 aromatic heterocycles. The van der Waals surface area contributed by atoms with E-state index in [2.05, 4.69) is 10.6 Å². The van der Waals surface area contributed by atoms with Gasteiger partial charge in [-0.15, -0.1) is 0 Å². The van der Waals surface area contributed by atoms with Gasteiger partial charge in [0.05, 0.1) is 18.8 Å². The van der Waals surface area contributed by atoms with Gasteiger partial charge in [0.2, 0.25) is 12.7 Å². The Bertz CT molecular complexity index is 626. The number of carbonyl (C=O) groups excluding carboxylic acids is 2. The first-order valence-electron chi connectivity index (χ1n) is 7.88. The lowest BCUT2D eigenvalue weighted by Crippen LogP contribution is -2.50. The van der Waals surface area contributed by atoms with E-state index in [1.54, 1.807) is 18.2 Å². The summed E-state index contributed by atoms with van der Waals surface area (Å²) in [6.07, 6.45) is 0.146. The van der Waals surface area contributed by atoms with Gasteiger partial charge in [-0.05, 0) is 26.0 Å². The lowest BCUT2D eigenvalue weighted by molar-refractivity contribution is -0.124. The summed E-state index contributed by atoms with van der Waals surface area (Å²) in [7, 11) is 0. The maximum atomic E-state index is 12.0. The zero-order chi connectivity index (χ0) is 17.1. The number of fused-ring (bicyclic) bond motifs is 1. The summed E-state index contributed by atoms with van der Waals surface area (Å²) in [5.74, 6) is 0.845. The second kappa shape index (κ2) is 7.06. The van der Waals surface area contributed by atoms with Gasteiger partial charge >= 0.3 is 6.03 Å². The van der Waals surface area contributed by atoms with Crippen molar-refractivity contribution in [1.29, 1.82) is 0 Å². The first kappa shape index (κ1) is 16.5. The maximum Gasteiger partial charge on any atom is 0.325 e. The van der Waals surface area contributed by atoms with E-state index in [9.17, 15) is 9.59 Å². The Kier molecular flexibility index (Phi) is 4.86.